The summed E-state index contributed by atoms with van der Waals surface area (Å²) in [6, 6.07) is 0. The van der Waals surface area contributed by atoms with Gasteiger partial charge in [0.15, 0.2) is 0 Å². The van der Waals surface area contributed by atoms with E-state index in [2.05, 4.69) is 48.0 Å². The molecule has 0 radical (unpaired) electrons. The second-order valence-corrected chi connectivity index (χ2v) is 6.03. The van der Waals surface area contributed by atoms with Gasteiger partial charge in [0, 0.05) is 25.0 Å². The van der Waals surface area contributed by atoms with E-state index in [-0.39, 0.29) is 11.8 Å². The van der Waals surface area contributed by atoms with Crippen LogP contribution in [0.4, 0.5) is 5.95 Å². The van der Waals surface area contributed by atoms with Gasteiger partial charge in [0.1, 0.15) is 11.6 Å². The molecule has 1 heterocycles. The molecule has 1 aromatic heterocycles. The Labute approximate surface area is 145 Å². The van der Waals surface area contributed by atoms with Crippen molar-refractivity contribution < 1.29 is 14.2 Å². The summed E-state index contributed by atoms with van der Waals surface area (Å²) in [6.07, 6.45) is 0. The van der Waals surface area contributed by atoms with Crippen molar-refractivity contribution in [1.29, 1.82) is 0 Å². The van der Waals surface area contributed by atoms with E-state index in [1.54, 1.807) is 0 Å². The lowest BCUT2D eigenvalue weighted by atomic mass is 10.2. The summed E-state index contributed by atoms with van der Waals surface area (Å²) in [5.74, 6) is 2.81. The highest BCUT2D eigenvalue weighted by Gasteiger charge is 2.11. The van der Waals surface area contributed by atoms with Crippen LogP contribution in [0, 0.1) is 0 Å². The molecular formula is C17H32N4O3. The Morgan fingerprint density at radius 1 is 0.750 bits per heavy atom. The predicted octanol–water partition coefficient (Wildman–Crippen LogP) is 2.60. The van der Waals surface area contributed by atoms with E-state index >= 15 is 0 Å². The summed E-state index contributed by atoms with van der Waals surface area (Å²) in [7, 11) is 0. The lowest BCUT2D eigenvalue weighted by Crippen LogP contribution is -2.17. The van der Waals surface area contributed by atoms with Gasteiger partial charge in [-0.25, -0.2) is 4.98 Å². The SMILES string of the molecule is CCOCCOCCOCCNc1nc(C(C)C)nc(C(C)C)n1. The maximum absolute atomic E-state index is 5.52. The molecule has 0 aliphatic heterocycles. The van der Waals surface area contributed by atoms with Crippen LogP contribution in [0.2, 0.25) is 0 Å². The standard InChI is InChI=1S/C17H32N4O3/c1-6-22-9-10-24-12-11-23-8-7-18-17-20-15(13(2)3)19-16(21-17)14(4)5/h13-14H,6-12H2,1-5H3,(H,18,19,20,21). The highest BCUT2D eigenvalue weighted by molar-refractivity contribution is 5.25. The second-order valence-electron chi connectivity index (χ2n) is 6.03. The van der Waals surface area contributed by atoms with Crippen LogP contribution in [-0.4, -0.2) is 61.1 Å². The minimum Gasteiger partial charge on any atom is -0.379 e. The first kappa shape index (κ1) is 20.7. The van der Waals surface area contributed by atoms with Crippen LogP contribution >= 0.6 is 0 Å². The molecule has 1 rings (SSSR count). The van der Waals surface area contributed by atoms with Crippen molar-refractivity contribution in [3.63, 3.8) is 0 Å². The lowest BCUT2D eigenvalue weighted by Gasteiger charge is -2.12. The zero-order valence-corrected chi connectivity index (χ0v) is 15.7. The molecule has 7 heteroatoms. The third kappa shape index (κ3) is 8.52. The number of anilines is 1. The van der Waals surface area contributed by atoms with Gasteiger partial charge in [-0.05, 0) is 6.92 Å². The van der Waals surface area contributed by atoms with Crippen molar-refractivity contribution in [3.05, 3.63) is 11.6 Å². The zero-order valence-electron chi connectivity index (χ0n) is 15.7. The van der Waals surface area contributed by atoms with Gasteiger partial charge in [-0.1, -0.05) is 27.7 Å². The maximum atomic E-state index is 5.52. The summed E-state index contributed by atoms with van der Waals surface area (Å²) in [5, 5.41) is 3.21. The van der Waals surface area contributed by atoms with Crippen LogP contribution in [0.25, 0.3) is 0 Å². The van der Waals surface area contributed by atoms with Crippen molar-refractivity contribution in [2.75, 3.05) is 51.5 Å². The van der Waals surface area contributed by atoms with Crippen LogP contribution in [0.15, 0.2) is 0 Å². The smallest absolute Gasteiger partial charge is 0.226 e. The van der Waals surface area contributed by atoms with Crippen LogP contribution in [-0.2, 0) is 14.2 Å². The molecular weight excluding hydrogens is 308 g/mol. The van der Waals surface area contributed by atoms with Crippen LogP contribution in [0.5, 0.6) is 0 Å². The van der Waals surface area contributed by atoms with Gasteiger partial charge < -0.3 is 19.5 Å². The van der Waals surface area contributed by atoms with Crippen molar-refractivity contribution in [2.24, 2.45) is 0 Å². The average Bonchev–Trinajstić information content (AvgIpc) is 2.56. The summed E-state index contributed by atoms with van der Waals surface area (Å²) >= 11 is 0. The number of ether oxygens (including phenoxy) is 3. The number of nitrogens with zero attached hydrogens (tertiary/aromatic N) is 3. The normalized spacial score (nSPS) is 11.5. The molecule has 1 N–H and O–H groups in total. The number of nitrogens with one attached hydrogen (secondary N) is 1. The Morgan fingerprint density at radius 2 is 1.25 bits per heavy atom. The molecule has 0 fully saturated rings. The molecule has 0 atom stereocenters. The Hall–Kier alpha value is -1.31. The minimum absolute atomic E-state index is 0.274. The first-order valence-corrected chi connectivity index (χ1v) is 8.77. The molecule has 0 aliphatic carbocycles. The molecule has 0 unspecified atom stereocenters. The van der Waals surface area contributed by atoms with Gasteiger partial charge in [-0.2, -0.15) is 9.97 Å². The van der Waals surface area contributed by atoms with Gasteiger partial charge >= 0.3 is 0 Å². The van der Waals surface area contributed by atoms with Crippen molar-refractivity contribution >= 4 is 5.95 Å². The summed E-state index contributed by atoms with van der Waals surface area (Å²) in [4.78, 5) is 13.4. The molecule has 7 nitrogen and oxygen atoms in total. The van der Waals surface area contributed by atoms with Gasteiger partial charge in [-0.15, -0.1) is 0 Å². The Morgan fingerprint density at radius 3 is 1.75 bits per heavy atom. The molecule has 0 bridgehead atoms. The Bertz CT molecular complexity index is 429. The Kier molecular flexibility index (Phi) is 10.5. The third-order valence-corrected chi connectivity index (χ3v) is 3.18. The molecule has 0 saturated heterocycles. The molecule has 138 valence electrons. The predicted molar refractivity (Wildman–Crippen MR) is 94.6 cm³/mol. The fourth-order valence-corrected chi connectivity index (χ4v) is 1.82. The van der Waals surface area contributed by atoms with Gasteiger partial charge in [-0.3, -0.25) is 0 Å². The van der Waals surface area contributed by atoms with Gasteiger partial charge in [0.05, 0.1) is 33.0 Å². The zero-order chi connectivity index (χ0) is 17.8. The van der Waals surface area contributed by atoms with Gasteiger partial charge in [0.2, 0.25) is 5.95 Å². The molecule has 0 aromatic carbocycles. The Balaban J connectivity index is 2.25. The second kappa shape index (κ2) is 12.1. The van der Waals surface area contributed by atoms with E-state index in [1.807, 2.05) is 6.92 Å². The molecule has 24 heavy (non-hydrogen) atoms. The number of hydrogen-bond acceptors (Lipinski definition) is 7. The molecule has 0 spiro atoms. The monoisotopic (exact) mass is 340 g/mol. The number of aromatic nitrogens is 3. The summed E-state index contributed by atoms with van der Waals surface area (Å²) in [6.45, 7) is 14.6. The van der Waals surface area contributed by atoms with E-state index in [0.717, 1.165) is 18.3 Å². The van der Waals surface area contributed by atoms with Crippen molar-refractivity contribution in [2.45, 2.75) is 46.5 Å². The summed E-state index contributed by atoms with van der Waals surface area (Å²) < 4.78 is 16.1. The molecule has 0 aliphatic rings. The minimum atomic E-state index is 0.274. The van der Waals surface area contributed by atoms with E-state index in [0.29, 0.717) is 45.5 Å². The first-order chi connectivity index (χ1) is 11.5. The maximum Gasteiger partial charge on any atom is 0.226 e. The fourth-order valence-electron chi connectivity index (χ4n) is 1.82. The van der Waals surface area contributed by atoms with E-state index in [1.165, 1.54) is 0 Å². The van der Waals surface area contributed by atoms with Gasteiger partial charge in [0.25, 0.3) is 0 Å². The number of rotatable bonds is 13. The highest BCUT2D eigenvalue weighted by atomic mass is 16.5. The van der Waals surface area contributed by atoms with Crippen LogP contribution < -0.4 is 5.32 Å². The fraction of sp³-hybridized carbons (Fsp3) is 0.824. The van der Waals surface area contributed by atoms with E-state index in [4.69, 9.17) is 14.2 Å². The summed E-state index contributed by atoms with van der Waals surface area (Å²) in [5.41, 5.74) is 0. The first-order valence-electron chi connectivity index (χ1n) is 8.77. The topological polar surface area (TPSA) is 78.4 Å². The quantitative estimate of drug-likeness (QED) is 0.553. The van der Waals surface area contributed by atoms with Crippen molar-refractivity contribution in [3.8, 4) is 0 Å². The van der Waals surface area contributed by atoms with Crippen LogP contribution in [0.1, 0.15) is 58.1 Å². The molecule has 1 aromatic rings. The van der Waals surface area contributed by atoms with E-state index in [9.17, 15) is 0 Å². The largest absolute Gasteiger partial charge is 0.379 e. The lowest BCUT2D eigenvalue weighted by molar-refractivity contribution is 0.0189. The molecule has 0 amide bonds. The third-order valence-electron chi connectivity index (χ3n) is 3.18. The molecule has 0 saturated carbocycles. The average molecular weight is 340 g/mol. The highest BCUT2D eigenvalue weighted by Crippen LogP contribution is 2.15. The van der Waals surface area contributed by atoms with E-state index < -0.39 is 0 Å². The van der Waals surface area contributed by atoms with Crippen LogP contribution in [0.3, 0.4) is 0 Å². The van der Waals surface area contributed by atoms with Crippen molar-refractivity contribution in [1.82, 2.24) is 15.0 Å². The number of hydrogen-bond donors (Lipinski definition) is 1.